The molecule has 1 saturated carbocycles. The molecule has 1 N–H and O–H groups in total. The summed E-state index contributed by atoms with van der Waals surface area (Å²) in [5.74, 6) is 0.560. The van der Waals surface area contributed by atoms with Crippen LogP contribution >= 0.6 is 0 Å². The number of aryl methyl sites for hydroxylation is 1. The third-order valence-electron chi connectivity index (χ3n) is 5.46. The van der Waals surface area contributed by atoms with E-state index in [1.807, 2.05) is 26.4 Å². The Hall–Kier alpha value is -2.64. The molecular weight excluding hydrogens is 344 g/mol. The van der Waals surface area contributed by atoms with Crippen LogP contribution < -0.4 is 5.32 Å². The molecule has 0 atom stereocenters. The first-order valence-corrected chi connectivity index (χ1v) is 9.76. The van der Waals surface area contributed by atoms with Crippen molar-refractivity contribution in [3.05, 3.63) is 36.2 Å². The molecule has 2 aromatic rings. The molecule has 2 aliphatic rings. The molecule has 0 aromatic carbocycles. The van der Waals surface area contributed by atoms with Crippen molar-refractivity contribution >= 4 is 11.8 Å². The predicted octanol–water partition coefficient (Wildman–Crippen LogP) is 1.32. The molecular formula is C19H26N6O2. The van der Waals surface area contributed by atoms with Crippen LogP contribution in [0.2, 0.25) is 0 Å². The average molecular weight is 370 g/mol. The van der Waals surface area contributed by atoms with Crippen LogP contribution in [0.15, 0.2) is 24.8 Å². The summed E-state index contributed by atoms with van der Waals surface area (Å²) in [4.78, 5) is 30.4. The zero-order valence-electron chi connectivity index (χ0n) is 15.5. The lowest BCUT2D eigenvalue weighted by Gasteiger charge is -2.34. The highest BCUT2D eigenvalue weighted by Gasteiger charge is 2.31. The van der Waals surface area contributed by atoms with Crippen molar-refractivity contribution in [1.82, 2.24) is 29.5 Å². The Morgan fingerprint density at radius 3 is 2.89 bits per heavy atom. The summed E-state index contributed by atoms with van der Waals surface area (Å²) < 4.78 is 3.93. The third kappa shape index (κ3) is 4.20. The number of rotatable bonds is 7. The van der Waals surface area contributed by atoms with Crippen LogP contribution in [-0.2, 0) is 35.8 Å². The van der Waals surface area contributed by atoms with E-state index in [0.29, 0.717) is 25.4 Å². The molecule has 0 unspecified atom stereocenters. The molecule has 4 rings (SSSR count). The van der Waals surface area contributed by atoms with Crippen molar-refractivity contribution in [2.75, 3.05) is 6.54 Å². The number of carbonyl (C=O) groups excluding carboxylic acids is 2. The molecule has 0 saturated heterocycles. The Morgan fingerprint density at radius 2 is 2.15 bits per heavy atom. The minimum Gasteiger partial charge on any atom is -0.350 e. The van der Waals surface area contributed by atoms with Crippen LogP contribution in [0.4, 0.5) is 0 Å². The van der Waals surface area contributed by atoms with Gasteiger partial charge in [0.1, 0.15) is 0 Å². The zero-order valence-corrected chi connectivity index (χ0v) is 15.5. The lowest BCUT2D eigenvalue weighted by atomic mass is 9.84. The van der Waals surface area contributed by atoms with Gasteiger partial charge in [0.25, 0.3) is 0 Å². The Labute approximate surface area is 158 Å². The maximum absolute atomic E-state index is 12.4. The fourth-order valence-electron chi connectivity index (χ4n) is 3.63. The molecule has 3 heterocycles. The topological polar surface area (TPSA) is 85.1 Å². The van der Waals surface area contributed by atoms with Gasteiger partial charge in [0.15, 0.2) is 0 Å². The van der Waals surface area contributed by atoms with E-state index in [1.165, 1.54) is 6.42 Å². The van der Waals surface area contributed by atoms with Gasteiger partial charge < -0.3 is 14.8 Å². The van der Waals surface area contributed by atoms with E-state index in [9.17, 15) is 9.59 Å². The lowest BCUT2D eigenvalue weighted by molar-refractivity contribution is -0.139. The molecule has 1 aliphatic carbocycles. The first-order chi connectivity index (χ1) is 13.2. The maximum atomic E-state index is 12.4. The molecule has 8 nitrogen and oxygen atoms in total. The van der Waals surface area contributed by atoms with Crippen LogP contribution in [0.3, 0.4) is 0 Å². The molecule has 2 aromatic heterocycles. The monoisotopic (exact) mass is 370 g/mol. The summed E-state index contributed by atoms with van der Waals surface area (Å²) in [6.07, 6.45) is 9.89. The van der Waals surface area contributed by atoms with Crippen LogP contribution in [0.25, 0.3) is 0 Å². The average Bonchev–Trinajstić information content (AvgIpc) is 3.26. The van der Waals surface area contributed by atoms with E-state index in [-0.39, 0.29) is 11.8 Å². The first-order valence-electron chi connectivity index (χ1n) is 9.76. The van der Waals surface area contributed by atoms with E-state index in [1.54, 1.807) is 12.5 Å². The molecule has 1 fully saturated rings. The second-order valence-electron chi connectivity index (χ2n) is 7.42. The molecule has 2 amide bonds. The molecule has 0 bridgehead atoms. The van der Waals surface area contributed by atoms with Gasteiger partial charge in [-0.15, -0.1) is 0 Å². The molecule has 144 valence electrons. The van der Waals surface area contributed by atoms with Gasteiger partial charge in [0.05, 0.1) is 37.3 Å². The summed E-state index contributed by atoms with van der Waals surface area (Å²) in [6.45, 7) is 3.30. The summed E-state index contributed by atoms with van der Waals surface area (Å²) in [5, 5.41) is 7.51. The van der Waals surface area contributed by atoms with Crippen LogP contribution in [0, 0.1) is 5.92 Å². The number of imidazole rings is 1. The fourth-order valence-corrected chi connectivity index (χ4v) is 3.63. The first kappa shape index (κ1) is 17.8. The van der Waals surface area contributed by atoms with E-state index in [4.69, 9.17) is 0 Å². The van der Waals surface area contributed by atoms with Crippen molar-refractivity contribution < 1.29 is 9.59 Å². The number of nitrogens with zero attached hydrogens (tertiary/aromatic N) is 5. The molecule has 27 heavy (non-hydrogen) atoms. The van der Waals surface area contributed by atoms with Crippen molar-refractivity contribution in [2.24, 2.45) is 5.92 Å². The van der Waals surface area contributed by atoms with Gasteiger partial charge in [-0.3, -0.25) is 14.3 Å². The molecule has 1 aliphatic heterocycles. The van der Waals surface area contributed by atoms with Gasteiger partial charge in [0, 0.05) is 37.8 Å². The Kier molecular flexibility index (Phi) is 5.22. The number of hydrogen-bond donors (Lipinski definition) is 1. The number of amides is 2. The molecule has 0 radical (unpaired) electrons. The summed E-state index contributed by atoms with van der Waals surface area (Å²) in [6, 6.07) is 2.01. The Morgan fingerprint density at radius 1 is 1.26 bits per heavy atom. The number of carbonyl (C=O) groups is 2. The van der Waals surface area contributed by atoms with E-state index in [0.717, 1.165) is 50.3 Å². The minimum atomic E-state index is 0.0304. The lowest BCUT2D eigenvalue weighted by Crippen LogP contribution is -2.43. The maximum Gasteiger partial charge on any atom is 0.226 e. The summed E-state index contributed by atoms with van der Waals surface area (Å²) >= 11 is 0. The zero-order chi connectivity index (χ0) is 18.6. The SMILES string of the molecule is O=C(CCCn1ccnc1)NCc1cc2n(n1)CCN(C(=O)C1CCC1)C2. The van der Waals surface area contributed by atoms with Gasteiger partial charge in [-0.2, -0.15) is 5.10 Å². The second-order valence-corrected chi connectivity index (χ2v) is 7.42. The Balaban J connectivity index is 1.23. The predicted molar refractivity (Wildman–Crippen MR) is 98.3 cm³/mol. The standard InChI is InChI=1S/C19H26N6O2/c26-18(5-2-7-23-8-6-20-14-23)21-12-16-11-17-13-24(9-10-25(17)22-16)19(27)15-3-1-4-15/h6,8,11,14-15H,1-5,7,9-10,12-13H2,(H,21,26). The van der Waals surface area contributed by atoms with Gasteiger partial charge >= 0.3 is 0 Å². The normalized spacial score (nSPS) is 16.7. The van der Waals surface area contributed by atoms with E-state index >= 15 is 0 Å². The van der Waals surface area contributed by atoms with E-state index in [2.05, 4.69) is 15.4 Å². The van der Waals surface area contributed by atoms with Crippen molar-refractivity contribution in [3.63, 3.8) is 0 Å². The number of aromatic nitrogens is 4. The largest absolute Gasteiger partial charge is 0.350 e. The molecule has 0 spiro atoms. The quantitative estimate of drug-likeness (QED) is 0.797. The number of hydrogen-bond acceptors (Lipinski definition) is 4. The fraction of sp³-hybridized carbons (Fsp3) is 0.579. The van der Waals surface area contributed by atoms with Crippen molar-refractivity contribution in [3.8, 4) is 0 Å². The highest BCUT2D eigenvalue weighted by Crippen LogP contribution is 2.29. The van der Waals surface area contributed by atoms with Crippen LogP contribution in [-0.4, -0.2) is 42.6 Å². The summed E-state index contributed by atoms with van der Waals surface area (Å²) in [5.41, 5.74) is 1.91. The van der Waals surface area contributed by atoms with Crippen molar-refractivity contribution in [1.29, 1.82) is 0 Å². The smallest absolute Gasteiger partial charge is 0.226 e. The Bertz CT molecular complexity index is 793. The number of nitrogens with one attached hydrogen (secondary N) is 1. The van der Waals surface area contributed by atoms with Gasteiger partial charge in [-0.1, -0.05) is 6.42 Å². The highest BCUT2D eigenvalue weighted by molar-refractivity contribution is 5.79. The highest BCUT2D eigenvalue weighted by atomic mass is 16.2. The summed E-state index contributed by atoms with van der Waals surface area (Å²) in [7, 11) is 0. The second kappa shape index (κ2) is 7.94. The van der Waals surface area contributed by atoms with Crippen LogP contribution in [0.1, 0.15) is 43.5 Å². The van der Waals surface area contributed by atoms with Gasteiger partial charge in [-0.25, -0.2) is 4.98 Å². The minimum absolute atomic E-state index is 0.0304. The van der Waals surface area contributed by atoms with Crippen LogP contribution in [0.5, 0.6) is 0 Å². The molecule has 8 heteroatoms. The van der Waals surface area contributed by atoms with Crippen molar-refractivity contribution in [2.45, 2.75) is 58.3 Å². The number of fused-ring (bicyclic) bond motifs is 1. The van der Waals surface area contributed by atoms with Gasteiger partial charge in [0.2, 0.25) is 11.8 Å². The van der Waals surface area contributed by atoms with E-state index < -0.39 is 0 Å². The third-order valence-corrected chi connectivity index (χ3v) is 5.46. The van der Waals surface area contributed by atoms with Gasteiger partial charge in [-0.05, 0) is 25.3 Å².